The molecule has 0 saturated carbocycles. The SMILES string of the molecule is CCC#CC(NC(=O)/C(N)=N/C=O)C(=O)NC(C(=O)NCC(=O)NCC(=O)NCC(=O)NCC)C(C)C(N)=O. The molecule has 0 rings (SSSR count). The average molecular weight is 552 g/mol. The number of nitrogens with zero attached hydrogens (tertiary/aromatic N) is 1. The van der Waals surface area contributed by atoms with Gasteiger partial charge in [0.25, 0.3) is 11.8 Å². The van der Waals surface area contributed by atoms with Gasteiger partial charge in [-0.1, -0.05) is 19.8 Å². The minimum atomic E-state index is -1.59. The van der Waals surface area contributed by atoms with Crippen molar-refractivity contribution in [3.8, 4) is 11.8 Å². The van der Waals surface area contributed by atoms with Crippen molar-refractivity contribution in [1.29, 1.82) is 0 Å². The van der Waals surface area contributed by atoms with Gasteiger partial charge in [0.05, 0.1) is 25.6 Å². The highest BCUT2D eigenvalue weighted by molar-refractivity contribution is 6.38. The highest BCUT2D eigenvalue weighted by Gasteiger charge is 2.33. The Kier molecular flexibility index (Phi) is 15.9. The van der Waals surface area contributed by atoms with E-state index in [0.717, 1.165) is 0 Å². The van der Waals surface area contributed by atoms with Crippen LogP contribution >= 0.6 is 0 Å². The number of amides is 8. The molecule has 17 nitrogen and oxygen atoms in total. The largest absolute Gasteiger partial charge is 0.379 e. The average Bonchev–Trinajstić information content (AvgIpc) is 2.89. The number of carbonyl (C=O) groups excluding carboxylic acids is 8. The summed E-state index contributed by atoms with van der Waals surface area (Å²) in [5, 5.41) is 13.6. The molecule has 10 N–H and O–H groups in total. The molecule has 0 radical (unpaired) electrons. The second-order valence-corrected chi connectivity index (χ2v) is 7.60. The fourth-order valence-electron chi connectivity index (χ4n) is 2.53. The molecule has 0 aromatic rings. The first-order valence-corrected chi connectivity index (χ1v) is 11.6. The summed E-state index contributed by atoms with van der Waals surface area (Å²) in [7, 11) is 0. The predicted octanol–water partition coefficient (Wildman–Crippen LogP) is -5.51. The fourth-order valence-corrected chi connectivity index (χ4v) is 2.53. The molecule has 0 spiro atoms. The normalized spacial score (nSPS) is 12.6. The summed E-state index contributed by atoms with van der Waals surface area (Å²) in [5.41, 5.74) is 10.6. The van der Waals surface area contributed by atoms with Crippen LogP contribution in [0, 0.1) is 17.8 Å². The highest BCUT2D eigenvalue weighted by Crippen LogP contribution is 2.04. The van der Waals surface area contributed by atoms with E-state index in [1.807, 2.05) is 0 Å². The van der Waals surface area contributed by atoms with Crippen molar-refractivity contribution < 1.29 is 38.4 Å². The quantitative estimate of drug-likeness (QED) is 0.0442. The van der Waals surface area contributed by atoms with Crippen LogP contribution in [0.25, 0.3) is 0 Å². The van der Waals surface area contributed by atoms with Gasteiger partial charge in [0, 0.05) is 13.0 Å². The van der Waals surface area contributed by atoms with Crippen molar-refractivity contribution in [2.75, 3.05) is 26.2 Å². The van der Waals surface area contributed by atoms with Gasteiger partial charge >= 0.3 is 0 Å². The Bertz CT molecular complexity index is 1050. The fraction of sp³-hybridized carbons (Fsp3) is 0.500. The Labute approximate surface area is 224 Å². The van der Waals surface area contributed by atoms with Crippen molar-refractivity contribution in [2.24, 2.45) is 22.4 Å². The topological polar surface area (TPSA) is 273 Å². The zero-order valence-electron chi connectivity index (χ0n) is 21.7. The molecule has 0 aliphatic rings. The molecule has 0 fully saturated rings. The maximum Gasteiger partial charge on any atom is 0.287 e. The van der Waals surface area contributed by atoms with Crippen LogP contribution in [-0.4, -0.2) is 91.9 Å². The summed E-state index contributed by atoms with van der Waals surface area (Å²) in [5.74, 6) is -2.94. The number of rotatable bonds is 14. The van der Waals surface area contributed by atoms with E-state index in [1.165, 1.54) is 6.92 Å². The third-order valence-electron chi connectivity index (χ3n) is 4.60. The lowest BCUT2D eigenvalue weighted by Crippen LogP contribution is -2.58. The van der Waals surface area contributed by atoms with Crippen molar-refractivity contribution in [2.45, 2.75) is 39.3 Å². The standard InChI is InChI=1S/C22H33N9O8/c1-4-6-7-13(30-22(39)18(23)29-11-32)20(37)31-17(12(3)19(24)36)21(38)28-10-16(35)27-9-15(34)26-8-14(33)25-5-2/h11-13,17H,4-5,8-10H2,1-3H3,(H2,24,36)(H,25,33)(H,26,34)(H,27,35)(H,28,38)(H,30,39)(H,31,37)(H2,23,29,32). The second kappa shape index (κ2) is 18.3. The van der Waals surface area contributed by atoms with Gasteiger partial charge in [-0.2, -0.15) is 4.99 Å². The van der Waals surface area contributed by atoms with Crippen LogP contribution in [0.4, 0.5) is 0 Å². The number of aliphatic imine (C=N–C) groups is 1. The number of primary amides is 1. The molecular formula is C22H33N9O8. The third-order valence-corrected chi connectivity index (χ3v) is 4.60. The van der Waals surface area contributed by atoms with Gasteiger partial charge in [-0.15, -0.1) is 5.92 Å². The van der Waals surface area contributed by atoms with Gasteiger partial charge in [0.1, 0.15) is 6.04 Å². The maximum atomic E-state index is 12.8. The van der Waals surface area contributed by atoms with E-state index in [4.69, 9.17) is 11.5 Å². The zero-order valence-corrected chi connectivity index (χ0v) is 21.7. The number of amidine groups is 1. The number of hydrogen-bond donors (Lipinski definition) is 8. The predicted molar refractivity (Wildman–Crippen MR) is 136 cm³/mol. The number of hydrogen-bond acceptors (Lipinski definition) is 8. The minimum Gasteiger partial charge on any atom is -0.379 e. The molecule has 0 saturated heterocycles. The van der Waals surface area contributed by atoms with Gasteiger partial charge in [0.15, 0.2) is 11.9 Å². The van der Waals surface area contributed by atoms with Crippen molar-refractivity contribution in [1.82, 2.24) is 31.9 Å². The summed E-state index contributed by atoms with van der Waals surface area (Å²) < 4.78 is 0. The second-order valence-electron chi connectivity index (χ2n) is 7.60. The number of carbonyl (C=O) groups is 8. The molecule has 3 unspecified atom stereocenters. The van der Waals surface area contributed by atoms with Gasteiger partial charge < -0.3 is 43.4 Å². The van der Waals surface area contributed by atoms with Gasteiger partial charge in [-0.25, -0.2) is 0 Å². The molecule has 39 heavy (non-hydrogen) atoms. The summed E-state index contributed by atoms with van der Waals surface area (Å²) in [6, 6.07) is -3.15. The first-order valence-electron chi connectivity index (χ1n) is 11.6. The first-order chi connectivity index (χ1) is 18.4. The van der Waals surface area contributed by atoms with Gasteiger partial charge in [-0.05, 0) is 6.92 Å². The maximum absolute atomic E-state index is 12.8. The Morgan fingerprint density at radius 1 is 0.821 bits per heavy atom. The van der Waals surface area contributed by atoms with Gasteiger partial charge in [-0.3, -0.25) is 38.4 Å². The van der Waals surface area contributed by atoms with E-state index in [-0.39, 0.29) is 19.4 Å². The van der Waals surface area contributed by atoms with Crippen LogP contribution < -0.4 is 43.4 Å². The summed E-state index contributed by atoms with van der Waals surface area (Å²) in [6.45, 7) is 3.57. The van der Waals surface area contributed by atoms with Crippen molar-refractivity contribution in [3.05, 3.63) is 0 Å². The first kappa shape index (κ1) is 34.0. The molecule has 8 amide bonds. The molecular weight excluding hydrogens is 518 g/mol. The van der Waals surface area contributed by atoms with Crippen LogP contribution in [-0.2, 0) is 38.4 Å². The number of nitrogens with one attached hydrogen (secondary N) is 6. The summed E-state index contributed by atoms with van der Waals surface area (Å²) >= 11 is 0. The van der Waals surface area contributed by atoms with Crippen molar-refractivity contribution in [3.63, 3.8) is 0 Å². The molecule has 3 atom stereocenters. The van der Waals surface area contributed by atoms with Crippen LogP contribution in [0.15, 0.2) is 4.99 Å². The van der Waals surface area contributed by atoms with Crippen LogP contribution in [0.3, 0.4) is 0 Å². The molecule has 0 aromatic carbocycles. The van der Waals surface area contributed by atoms with Crippen molar-refractivity contribution >= 4 is 53.6 Å². The van der Waals surface area contributed by atoms with Crippen LogP contribution in [0.2, 0.25) is 0 Å². The summed E-state index contributed by atoms with van der Waals surface area (Å²) in [4.78, 5) is 97.9. The van der Waals surface area contributed by atoms with Gasteiger partial charge in [0.2, 0.25) is 35.9 Å². The third kappa shape index (κ3) is 13.8. The summed E-state index contributed by atoms with van der Waals surface area (Å²) in [6.07, 6.45) is 0.309. The zero-order chi connectivity index (χ0) is 30.0. The minimum absolute atomic E-state index is 0.0191. The number of likely N-dealkylation sites (N-methyl/N-ethyl adjacent to an activating group) is 1. The van der Waals surface area contributed by atoms with E-state index in [0.29, 0.717) is 6.54 Å². The van der Waals surface area contributed by atoms with Crippen LogP contribution in [0.1, 0.15) is 27.2 Å². The molecule has 0 aliphatic carbocycles. The lowest BCUT2D eigenvalue weighted by molar-refractivity contribution is -0.135. The molecule has 0 aliphatic heterocycles. The molecule has 0 heterocycles. The number of nitrogens with two attached hydrogens (primary N) is 2. The van der Waals surface area contributed by atoms with Crippen LogP contribution in [0.5, 0.6) is 0 Å². The van der Waals surface area contributed by atoms with E-state index in [2.05, 4.69) is 48.7 Å². The lowest BCUT2D eigenvalue weighted by atomic mass is 10.00. The Balaban J connectivity index is 5.27. The lowest BCUT2D eigenvalue weighted by Gasteiger charge is -2.24. The Hall–Kier alpha value is -5.01. The monoisotopic (exact) mass is 551 g/mol. The molecule has 0 bridgehead atoms. The molecule has 17 heteroatoms. The van der Waals surface area contributed by atoms with E-state index < -0.39 is 78.3 Å². The molecule has 214 valence electrons. The smallest absolute Gasteiger partial charge is 0.287 e. The van der Waals surface area contributed by atoms with E-state index >= 15 is 0 Å². The molecule has 0 aromatic heterocycles. The Morgan fingerprint density at radius 3 is 1.85 bits per heavy atom. The van der Waals surface area contributed by atoms with E-state index in [9.17, 15) is 38.4 Å². The van der Waals surface area contributed by atoms with E-state index in [1.54, 1.807) is 13.8 Å². The Morgan fingerprint density at radius 2 is 1.36 bits per heavy atom. The highest BCUT2D eigenvalue weighted by atomic mass is 16.2.